The first kappa shape index (κ1) is 13.0. The summed E-state index contributed by atoms with van der Waals surface area (Å²) in [5, 5.41) is 0. The zero-order chi connectivity index (χ0) is 13.3. The van der Waals surface area contributed by atoms with Gasteiger partial charge in [0.25, 0.3) is 0 Å². The number of hydrogen-bond acceptors (Lipinski definition) is 4. The molecule has 6 heteroatoms. The monoisotopic (exact) mass is 312 g/mol. The van der Waals surface area contributed by atoms with Crippen LogP contribution in [0.3, 0.4) is 0 Å². The topological polar surface area (TPSA) is 72.6 Å². The highest BCUT2D eigenvalue weighted by Gasteiger charge is 2.29. The Labute approximate surface area is 113 Å². The summed E-state index contributed by atoms with van der Waals surface area (Å²) >= 11 is 3.37. The molecule has 96 valence electrons. The molecule has 1 aromatic rings. The van der Waals surface area contributed by atoms with E-state index in [0.717, 1.165) is 4.47 Å². The zero-order valence-corrected chi connectivity index (χ0v) is 11.4. The Morgan fingerprint density at radius 3 is 2.83 bits per heavy atom. The number of benzene rings is 1. The maximum Gasteiger partial charge on any atom is 0.337 e. The highest BCUT2D eigenvalue weighted by atomic mass is 79.9. The third kappa shape index (κ3) is 2.39. The molecule has 1 atom stereocenters. The van der Waals surface area contributed by atoms with Crippen LogP contribution >= 0.6 is 15.9 Å². The lowest BCUT2D eigenvalue weighted by molar-refractivity contribution is -0.117. The Kier molecular flexibility index (Phi) is 3.68. The fourth-order valence-corrected chi connectivity index (χ4v) is 2.39. The number of nitrogens with two attached hydrogens (primary N) is 1. The Morgan fingerprint density at radius 2 is 2.28 bits per heavy atom. The van der Waals surface area contributed by atoms with E-state index in [9.17, 15) is 9.59 Å². The number of halogens is 1. The molecule has 0 radical (unpaired) electrons. The second-order valence-electron chi connectivity index (χ2n) is 4.13. The Balaban J connectivity index is 2.38. The number of ether oxygens (including phenoxy) is 1. The molecule has 0 aliphatic carbocycles. The minimum Gasteiger partial charge on any atom is -0.465 e. The van der Waals surface area contributed by atoms with E-state index in [1.807, 2.05) is 0 Å². The summed E-state index contributed by atoms with van der Waals surface area (Å²) in [5.41, 5.74) is 6.81. The molecule has 1 aliphatic heterocycles. The molecule has 5 nitrogen and oxygen atoms in total. The maximum atomic E-state index is 11.8. The van der Waals surface area contributed by atoms with Crippen LogP contribution in [0.5, 0.6) is 0 Å². The largest absolute Gasteiger partial charge is 0.465 e. The van der Waals surface area contributed by atoms with E-state index in [1.54, 1.807) is 23.1 Å². The van der Waals surface area contributed by atoms with E-state index in [-0.39, 0.29) is 11.9 Å². The summed E-state index contributed by atoms with van der Waals surface area (Å²) in [7, 11) is 1.32. The van der Waals surface area contributed by atoms with Crippen LogP contribution in [-0.2, 0) is 9.53 Å². The van der Waals surface area contributed by atoms with E-state index >= 15 is 0 Å². The van der Waals surface area contributed by atoms with Gasteiger partial charge in [-0.05, 0) is 34.1 Å². The van der Waals surface area contributed by atoms with Crippen molar-refractivity contribution in [1.82, 2.24) is 0 Å². The van der Waals surface area contributed by atoms with Crippen molar-refractivity contribution in [1.29, 1.82) is 0 Å². The lowest BCUT2D eigenvalue weighted by Gasteiger charge is -2.18. The minimum atomic E-state index is -0.431. The predicted octanol–water partition coefficient (Wildman–Crippen LogP) is 1.30. The molecule has 1 fully saturated rings. The third-order valence-electron chi connectivity index (χ3n) is 2.81. The second kappa shape index (κ2) is 5.07. The highest BCUT2D eigenvalue weighted by molar-refractivity contribution is 9.10. The van der Waals surface area contributed by atoms with Gasteiger partial charge in [-0.2, -0.15) is 0 Å². The number of carbonyl (C=O) groups excluding carboxylic acids is 2. The van der Waals surface area contributed by atoms with Crippen LogP contribution in [-0.4, -0.2) is 31.6 Å². The molecule has 1 aromatic carbocycles. The van der Waals surface area contributed by atoms with Gasteiger partial charge in [-0.25, -0.2) is 4.79 Å². The van der Waals surface area contributed by atoms with Crippen molar-refractivity contribution in [2.75, 3.05) is 18.6 Å². The average molecular weight is 313 g/mol. The van der Waals surface area contributed by atoms with E-state index in [1.165, 1.54) is 7.11 Å². The van der Waals surface area contributed by atoms with Crippen LogP contribution < -0.4 is 10.6 Å². The molecule has 18 heavy (non-hydrogen) atoms. The molecule has 1 heterocycles. The minimum absolute atomic E-state index is 0.0368. The molecular weight excluding hydrogens is 300 g/mol. The third-order valence-corrected chi connectivity index (χ3v) is 3.48. The van der Waals surface area contributed by atoms with Gasteiger partial charge >= 0.3 is 5.97 Å². The van der Waals surface area contributed by atoms with Gasteiger partial charge in [0.15, 0.2) is 0 Å². The van der Waals surface area contributed by atoms with Crippen molar-refractivity contribution in [3.63, 3.8) is 0 Å². The van der Waals surface area contributed by atoms with Crippen molar-refractivity contribution in [2.24, 2.45) is 5.73 Å². The first-order valence-corrected chi connectivity index (χ1v) is 6.26. The van der Waals surface area contributed by atoms with Crippen molar-refractivity contribution in [2.45, 2.75) is 12.5 Å². The summed E-state index contributed by atoms with van der Waals surface area (Å²) < 4.78 is 5.41. The van der Waals surface area contributed by atoms with Crippen molar-refractivity contribution in [3.05, 3.63) is 28.2 Å². The predicted molar refractivity (Wildman–Crippen MR) is 70.4 cm³/mol. The normalized spacial score (nSPS) is 19.2. The van der Waals surface area contributed by atoms with Gasteiger partial charge in [-0.1, -0.05) is 0 Å². The molecule has 1 aliphatic rings. The molecule has 1 unspecified atom stereocenters. The molecule has 2 rings (SSSR count). The molecule has 0 spiro atoms. The highest BCUT2D eigenvalue weighted by Crippen LogP contribution is 2.30. The van der Waals surface area contributed by atoms with Gasteiger partial charge in [0, 0.05) is 23.5 Å². The van der Waals surface area contributed by atoms with Crippen LogP contribution in [0.2, 0.25) is 0 Å². The van der Waals surface area contributed by atoms with Crippen LogP contribution in [0, 0.1) is 0 Å². The molecule has 1 saturated heterocycles. The first-order chi connectivity index (χ1) is 8.52. The molecule has 2 N–H and O–H groups in total. The fraction of sp³-hybridized carbons (Fsp3) is 0.333. The molecule has 1 amide bonds. The molecular formula is C12H13BrN2O3. The van der Waals surface area contributed by atoms with Crippen LogP contribution in [0.4, 0.5) is 5.69 Å². The summed E-state index contributed by atoms with van der Waals surface area (Å²) in [6, 6.07) is 4.83. The number of anilines is 1. The summed E-state index contributed by atoms with van der Waals surface area (Å²) in [6.07, 6.45) is 0.328. The van der Waals surface area contributed by atoms with Crippen molar-refractivity contribution in [3.8, 4) is 0 Å². The SMILES string of the molecule is COC(=O)c1ccc(Br)c(N2CC(N)CC2=O)c1. The number of esters is 1. The van der Waals surface area contributed by atoms with Gasteiger partial charge in [0.05, 0.1) is 18.4 Å². The number of hydrogen-bond donors (Lipinski definition) is 1. The lowest BCUT2D eigenvalue weighted by Crippen LogP contribution is -2.28. The van der Waals surface area contributed by atoms with Gasteiger partial charge < -0.3 is 15.4 Å². The Hall–Kier alpha value is -1.40. The van der Waals surface area contributed by atoms with E-state index in [2.05, 4.69) is 20.7 Å². The number of nitrogens with zero attached hydrogens (tertiary/aromatic N) is 1. The average Bonchev–Trinajstić information content (AvgIpc) is 2.68. The van der Waals surface area contributed by atoms with Gasteiger partial charge in [0.1, 0.15) is 0 Å². The van der Waals surface area contributed by atoms with E-state index < -0.39 is 5.97 Å². The van der Waals surface area contributed by atoms with Crippen LogP contribution in [0.1, 0.15) is 16.8 Å². The Morgan fingerprint density at radius 1 is 1.56 bits per heavy atom. The van der Waals surface area contributed by atoms with E-state index in [0.29, 0.717) is 24.2 Å². The van der Waals surface area contributed by atoms with E-state index in [4.69, 9.17) is 5.73 Å². The maximum absolute atomic E-state index is 11.8. The quantitative estimate of drug-likeness (QED) is 0.835. The van der Waals surface area contributed by atoms with Crippen LogP contribution in [0.15, 0.2) is 22.7 Å². The van der Waals surface area contributed by atoms with Gasteiger partial charge in [0.2, 0.25) is 5.91 Å². The lowest BCUT2D eigenvalue weighted by atomic mass is 10.2. The van der Waals surface area contributed by atoms with Crippen molar-refractivity contribution >= 4 is 33.5 Å². The fourth-order valence-electron chi connectivity index (χ4n) is 1.93. The van der Waals surface area contributed by atoms with Gasteiger partial charge in [-0.15, -0.1) is 0 Å². The smallest absolute Gasteiger partial charge is 0.337 e. The van der Waals surface area contributed by atoms with Gasteiger partial charge in [-0.3, -0.25) is 4.79 Å². The van der Waals surface area contributed by atoms with Crippen molar-refractivity contribution < 1.29 is 14.3 Å². The van der Waals surface area contributed by atoms with Crippen LogP contribution in [0.25, 0.3) is 0 Å². The summed E-state index contributed by atoms with van der Waals surface area (Å²) in [5.74, 6) is -0.468. The number of rotatable bonds is 2. The molecule has 0 saturated carbocycles. The number of methoxy groups -OCH3 is 1. The summed E-state index contributed by atoms with van der Waals surface area (Å²) in [4.78, 5) is 24.9. The zero-order valence-electron chi connectivity index (χ0n) is 9.85. The Bertz CT molecular complexity index is 504. The molecule has 0 aromatic heterocycles. The molecule has 0 bridgehead atoms. The standard InChI is InChI=1S/C12H13BrN2O3/c1-18-12(17)7-2-3-9(13)10(4-7)15-6-8(14)5-11(15)16/h2-4,8H,5-6,14H2,1H3. The number of carbonyl (C=O) groups is 2. The summed E-state index contributed by atoms with van der Waals surface area (Å²) in [6.45, 7) is 0.460. The number of amides is 1. The second-order valence-corrected chi connectivity index (χ2v) is 4.98. The first-order valence-electron chi connectivity index (χ1n) is 5.46.